The van der Waals surface area contributed by atoms with E-state index in [4.69, 9.17) is 0 Å². The first-order chi connectivity index (χ1) is 7.75. The number of carbonyl (C=O) groups excluding carboxylic acids is 1. The maximum atomic E-state index is 11.7. The summed E-state index contributed by atoms with van der Waals surface area (Å²) in [6, 6.07) is 6.11. The van der Waals surface area contributed by atoms with E-state index in [1.807, 2.05) is 18.2 Å². The fourth-order valence-electron chi connectivity index (χ4n) is 1.64. The Morgan fingerprint density at radius 3 is 2.94 bits per heavy atom. The Morgan fingerprint density at radius 1 is 1.56 bits per heavy atom. The highest BCUT2D eigenvalue weighted by Crippen LogP contribution is 2.18. The number of aromatic nitrogens is 1. The molecule has 0 spiro atoms. The number of pyridine rings is 1. The Kier molecular flexibility index (Phi) is 3.39. The SMILES string of the molecule is CN(Cc1ccccn1)C(=O)NC1CCC1. The van der Waals surface area contributed by atoms with Gasteiger partial charge in [-0.1, -0.05) is 6.07 Å². The van der Waals surface area contributed by atoms with Gasteiger partial charge in [0.05, 0.1) is 12.2 Å². The Labute approximate surface area is 95.7 Å². The van der Waals surface area contributed by atoms with Crippen molar-refractivity contribution in [1.82, 2.24) is 15.2 Å². The van der Waals surface area contributed by atoms with Crippen molar-refractivity contribution in [2.45, 2.75) is 31.8 Å². The summed E-state index contributed by atoms with van der Waals surface area (Å²) in [4.78, 5) is 17.6. The van der Waals surface area contributed by atoms with Crippen LogP contribution in [-0.4, -0.2) is 29.0 Å². The molecule has 1 aromatic heterocycles. The molecule has 0 atom stereocenters. The highest BCUT2D eigenvalue weighted by Gasteiger charge is 2.21. The van der Waals surface area contributed by atoms with Gasteiger partial charge < -0.3 is 10.2 Å². The van der Waals surface area contributed by atoms with E-state index in [0.717, 1.165) is 18.5 Å². The summed E-state index contributed by atoms with van der Waals surface area (Å²) in [7, 11) is 1.79. The normalized spacial score (nSPS) is 15.3. The third kappa shape index (κ3) is 2.72. The van der Waals surface area contributed by atoms with Crippen LogP contribution >= 0.6 is 0 Å². The van der Waals surface area contributed by atoms with Crippen LogP contribution < -0.4 is 5.32 Å². The lowest BCUT2D eigenvalue weighted by Crippen LogP contribution is -2.45. The molecule has 0 bridgehead atoms. The fraction of sp³-hybridized carbons (Fsp3) is 0.500. The molecular formula is C12H17N3O. The van der Waals surface area contributed by atoms with Crippen LogP contribution in [0.25, 0.3) is 0 Å². The molecule has 0 saturated heterocycles. The Balaban J connectivity index is 1.82. The number of rotatable bonds is 3. The maximum absolute atomic E-state index is 11.7. The van der Waals surface area contributed by atoms with Gasteiger partial charge >= 0.3 is 6.03 Å². The average molecular weight is 219 g/mol. The zero-order valence-corrected chi connectivity index (χ0v) is 9.52. The lowest BCUT2D eigenvalue weighted by atomic mass is 9.93. The molecule has 0 aliphatic heterocycles. The third-order valence-electron chi connectivity index (χ3n) is 2.90. The minimum Gasteiger partial charge on any atom is -0.335 e. The molecule has 1 aliphatic carbocycles. The van der Waals surface area contributed by atoms with E-state index in [0.29, 0.717) is 12.6 Å². The summed E-state index contributed by atoms with van der Waals surface area (Å²) in [5.74, 6) is 0. The first kappa shape index (κ1) is 10.9. The second-order valence-electron chi connectivity index (χ2n) is 4.25. The second-order valence-corrected chi connectivity index (χ2v) is 4.25. The topological polar surface area (TPSA) is 45.2 Å². The Hall–Kier alpha value is -1.58. The largest absolute Gasteiger partial charge is 0.335 e. The summed E-state index contributed by atoms with van der Waals surface area (Å²) in [5, 5.41) is 3.00. The van der Waals surface area contributed by atoms with Gasteiger partial charge in [0.15, 0.2) is 0 Å². The molecule has 0 unspecified atom stereocenters. The second kappa shape index (κ2) is 4.96. The number of nitrogens with zero attached hydrogens (tertiary/aromatic N) is 2. The summed E-state index contributed by atoms with van der Waals surface area (Å²) >= 11 is 0. The smallest absolute Gasteiger partial charge is 0.317 e. The number of hydrogen-bond acceptors (Lipinski definition) is 2. The highest BCUT2D eigenvalue weighted by molar-refractivity contribution is 5.74. The zero-order valence-electron chi connectivity index (χ0n) is 9.52. The first-order valence-electron chi connectivity index (χ1n) is 5.67. The van der Waals surface area contributed by atoms with Crippen LogP contribution in [0.2, 0.25) is 0 Å². The van der Waals surface area contributed by atoms with Crippen molar-refractivity contribution >= 4 is 6.03 Å². The molecule has 2 amide bonds. The van der Waals surface area contributed by atoms with E-state index in [9.17, 15) is 4.79 Å². The monoisotopic (exact) mass is 219 g/mol. The van der Waals surface area contributed by atoms with Gasteiger partial charge in [-0.3, -0.25) is 4.98 Å². The lowest BCUT2D eigenvalue weighted by Gasteiger charge is -2.28. The van der Waals surface area contributed by atoms with Crippen LogP contribution in [0.15, 0.2) is 24.4 Å². The molecule has 4 heteroatoms. The molecule has 1 aromatic rings. The quantitative estimate of drug-likeness (QED) is 0.842. The summed E-state index contributed by atoms with van der Waals surface area (Å²) in [5.41, 5.74) is 0.911. The highest BCUT2D eigenvalue weighted by atomic mass is 16.2. The van der Waals surface area contributed by atoms with E-state index < -0.39 is 0 Å². The van der Waals surface area contributed by atoms with Crippen LogP contribution in [-0.2, 0) is 6.54 Å². The Morgan fingerprint density at radius 2 is 2.38 bits per heavy atom. The van der Waals surface area contributed by atoms with E-state index in [1.165, 1.54) is 6.42 Å². The van der Waals surface area contributed by atoms with Gasteiger partial charge in [0.1, 0.15) is 0 Å². The molecule has 1 N–H and O–H groups in total. The van der Waals surface area contributed by atoms with Gasteiger partial charge in [-0.2, -0.15) is 0 Å². The van der Waals surface area contributed by atoms with Crippen molar-refractivity contribution in [3.8, 4) is 0 Å². The Bertz CT molecular complexity index is 349. The molecule has 86 valence electrons. The average Bonchev–Trinajstić information content (AvgIpc) is 2.24. The number of carbonyl (C=O) groups is 1. The van der Waals surface area contributed by atoms with E-state index in [2.05, 4.69) is 10.3 Å². The van der Waals surface area contributed by atoms with Crippen molar-refractivity contribution in [2.75, 3.05) is 7.05 Å². The minimum absolute atomic E-state index is 0.00430. The minimum atomic E-state index is -0.00430. The maximum Gasteiger partial charge on any atom is 0.317 e. The van der Waals surface area contributed by atoms with E-state index in [1.54, 1.807) is 18.1 Å². The van der Waals surface area contributed by atoms with Crippen LogP contribution in [0, 0.1) is 0 Å². The molecule has 0 aromatic carbocycles. The van der Waals surface area contributed by atoms with Crippen molar-refractivity contribution < 1.29 is 4.79 Å². The fourth-order valence-corrected chi connectivity index (χ4v) is 1.64. The summed E-state index contributed by atoms with van der Waals surface area (Å²) in [6.07, 6.45) is 5.20. The molecule has 0 radical (unpaired) electrons. The molecular weight excluding hydrogens is 202 g/mol. The van der Waals surface area contributed by atoms with E-state index >= 15 is 0 Å². The van der Waals surface area contributed by atoms with Gasteiger partial charge in [-0.15, -0.1) is 0 Å². The molecule has 1 saturated carbocycles. The van der Waals surface area contributed by atoms with Crippen LogP contribution in [0.3, 0.4) is 0 Å². The molecule has 1 fully saturated rings. The van der Waals surface area contributed by atoms with Crippen molar-refractivity contribution in [2.24, 2.45) is 0 Å². The number of amides is 2. The lowest BCUT2D eigenvalue weighted by molar-refractivity contribution is 0.194. The number of urea groups is 1. The number of nitrogens with one attached hydrogen (secondary N) is 1. The van der Waals surface area contributed by atoms with Gasteiger partial charge in [-0.05, 0) is 31.4 Å². The molecule has 4 nitrogen and oxygen atoms in total. The molecule has 1 aliphatic rings. The molecule has 16 heavy (non-hydrogen) atoms. The van der Waals surface area contributed by atoms with Gasteiger partial charge in [-0.25, -0.2) is 4.79 Å². The van der Waals surface area contributed by atoms with Crippen LogP contribution in [0.4, 0.5) is 4.79 Å². The van der Waals surface area contributed by atoms with Gasteiger partial charge in [0.25, 0.3) is 0 Å². The summed E-state index contributed by atoms with van der Waals surface area (Å²) < 4.78 is 0. The standard InChI is InChI=1S/C12H17N3O/c1-15(9-11-5-2-3-8-13-11)12(16)14-10-6-4-7-10/h2-3,5,8,10H,4,6-7,9H2,1H3,(H,14,16). The van der Waals surface area contributed by atoms with Crippen molar-refractivity contribution in [3.63, 3.8) is 0 Å². The van der Waals surface area contributed by atoms with Crippen molar-refractivity contribution in [1.29, 1.82) is 0 Å². The van der Waals surface area contributed by atoms with Crippen molar-refractivity contribution in [3.05, 3.63) is 30.1 Å². The van der Waals surface area contributed by atoms with Gasteiger partial charge in [0, 0.05) is 19.3 Å². The van der Waals surface area contributed by atoms with Crippen LogP contribution in [0.5, 0.6) is 0 Å². The predicted octanol–water partition coefficient (Wildman–Crippen LogP) is 1.78. The summed E-state index contributed by atoms with van der Waals surface area (Å²) in [6.45, 7) is 0.555. The molecule has 1 heterocycles. The zero-order chi connectivity index (χ0) is 11.4. The predicted molar refractivity (Wildman–Crippen MR) is 61.9 cm³/mol. The number of hydrogen-bond donors (Lipinski definition) is 1. The first-order valence-corrected chi connectivity index (χ1v) is 5.67. The van der Waals surface area contributed by atoms with Crippen LogP contribution in [0.1, 0.15) is 25.0 Å². The molecule has 2 rings (SSSR count). The third-order valence-corrected chi connectivity index (χ3v) is 2.90. The van der Waals surface area contributed by atoms with E-state index in [-0.39, 0.29) is 6.03 Å². The van der Waals surface area contributed by atoms with Gasteiger partial charge in [0.2, 0.25) is 0 Å².